The quantitative estimate of drug-likeness (QED) is 0.257. The predicted octanol–water partition coefficient (Wildman–Crippen LogP) is 7.07. The minimum atomic E-state index is -0.425. The summed E-state index contributed by atoms with van der Waals surface area (Å²) in [7, 11) is 3.24. The molecule has 3 aromatic carbocycles. The average Bonchev–Trinajstić information content (AvgIpc) is 3.45. The van der Waals surface area contributed by atoms with Gasteiger partial charge in [0.1, 0.15) is 18.0 Å². The molecule has 2 fully saturated rings. The second-order valence-electron chi connectivity index (χ2n) is 11.5. The van der Waals surface area contributed by atoms with Gasteiger partial charge in [-0.05, 0) is 77.9 Å². The van der Waals surface area contributed by atoms with Gasteiger partial charge in [0.05, 0.1) is 36.0 Å². The predicted molar refractivity (Wildman–Crippen MR) is 173 cm³/mol. The molecule has 2 aliphatic heterocycles. The first-order valence-corrected chi connectivity index (χ1v) is 15.7. The Hall–Kier alpha value is -4.14. The van der Waals surface area contributed by atoms with Gasteiger partial charge >= 0.3 is 0 Å². The number of carbonyl (C=O) groups excluding carboxylic acids is 3. The number of halogens is 2. The van der Waals surface area contributed by atoms with E-state index < -0.39 is 23.6 Å². The summed E-state index contributed by atoms with van der Waals surface area (Å²) < 4.78 is 10.7. The zero-order valence-corrected chi connectivity index (χ0v) is 26.6. The molecule has 6 rings (SSSR count). The van der Waals surface area contributed by atoms with E-state index in [-0.39, 0.29) is 31.3 Å². The zero-order chi connectivity index (χ0) is 31.7. The highest BCUT2D eigenvalue weighted by molar-refractivity contribution is 6.42. The van der Waals surface area contributed by atoms with Crippen molar-refractivity contribution in [2.75, 3.05) is 20.8 Å². The Balaban J connectivity index is 1.28. The number of piperidine rings is 1. The zero-order valence-electron chi connectivity index (χ0n) is 25.0. The van der Waals surface area contributed by atoms with E-state index in [4.69, 9.17) is 37.8 Å². The first-order chi connectivity index (χ1) is 21.8. The van der Waals surface area contributed by atoms with Crippen molar-refractivity contribution in [3.05, 3.63) is 99.0 Å². The van der Waals surface area contributed by atoms with Crippen LogP contribution < -0.4 is 9.47 Å². The molecule has 0 aromatic heterocycles. The summed E-state index contributed by atoms with van der Waals surface area (Å²) in [6, 6.07) is 20.2. The smallest absolute Gasteiger partial charge is 0.263 e. The van der Waals surface area contributed by atoms with Crippen molar-refractivity contribution < 1.29 is 23.9 Å². The van der Waals surface area contributed by atoms with Gasteiger partial charge in [-0.15, -0.1) is 0 Å². The molecular weight excluding hydrogens is 613 g/mol. The number of imide groups is 1. The number of rotatable bonds is 7. The molecule has 2 unspecified atom stereocenters. The Bertz CT molecular complexity index is 1670. The number of carbonyl (C=O) groups is 3. The molecule has 3 aromatic rings. The van der Waals surface area contributed by atoms with Gasteiger partial charge in [-0.1, -0.05) is 59.6 Å². The number of benzene rings is 3. The van der Waals surface area contributed by atoms with Crippen LogP contribution in [0.3, 0.4) is 0 Å². The Morgan fingerprint density at radius 2 is 1.58 bits per heavy atom. The van der Waals surface area contributed by atoms with Gasteiger partial charge in [-0.2, -0.15) is 5.10 Å². The lowest BCUT2D eigenvalue weighted by atomic mass is 9.77. The van der Waals surface area contributed by atoms with Crippen LogP contribution in [-0.2, 0) is 14.4 Å². The maximum Gasteiger partial charge on any atom is 0.263 e. The van der Waals surface area contributed by atoms with Crippen LogP contribution in [0.25, 0.3) is 6.08 Å². The maximum absolute atomic E-state index is 14.0. The molecule has 2 atom stereocenters. The van der Waals surface area contributed by atoms with Gasteiger partial charge in [0.2, 0.25) is 11.8 Å². The molecule has 10 heteroatoms. The highest BCUT2D eigenvalue weighted by Gasteiger charge is 2.45. The molecule has 1 saturated carbocycles. The third-order valence-electron chi connectivity index (χ3n) is 8.83. The van der Waals surface area contributed by atoms with Crippen molar-refractivity contribution in [1.29, 1.82) is 0 Å². The van der Waals surface area contributed by atoms with Crippen LogP contribution in [0.15, 0.2) is 77.4 Å². The number of ether oxygens (including phenoxy) is 2. The van der Waals surface area contributed by atoms with Crippen molar-refractivity contribution in [3.8, 4) is 11.5 Å². The van der Waals surface area contributed by atoms with E-state index in [1.165, 1.54) is 5.01 Å². The van der Waals surface area contributed by atoms with Crippen LogP contribution in [0.1, 0.15) is 60.8 Å². The van der Waals surface area contributed by atoms with Crippen LogP contribution >= 0.6 is 23.2 Å². The van der Waals surface area contributed by atoms with Crippen molar-refractivity contribution in [2.45, 2.75) is 44.1 Å². The van der Waals surface area contributed by atoms with Gasteiger partial charge < -0.3 is 9.47 Å². The maximum atomic E-state index is 14.0. The molecule has 3 aliphatic rings. The number of fused-ring (bicyclic) bond motifs is 1. The number of hydrazone groups is 1. The van der Waals surface area contributed by atoms with Gasteiger partial charge in [-0.3, -0.25) is 19.3 Å². The minimum Gasteiger partial charge on any atom is -0.497 e. The summed E-state index contributed by atoms with van der Waals surface area (Å²) in [5.74, 6) is -0.229. The fraction of sp³-hybridized carbons (Fsp3) is 0.314. The van der Waals surface area contributed by atoms with Crippen molar-refractivity contribution in [1.82, 2.24) is 9.91 Å². The molecule has 2 heterocycles. The first-order valence-electron chi connectivity index (χ1n) is 14.9. The fourth-order valence-electron chi connectivity index (χ4n) is 6.54. The Morgan fingerprint density at radius 3 is 2.22 bits per heavy atom. The Labute approximate surface area is 272 Å². The lowest BCUT2D eigenvalue weighted by Gasteiger charge is -2.33. The Kier molecular flexibility index (Phi) is 8.97. The summed E-state index contributed by atoms with van der Waals surface area (Å²) >= 11 is 12.6. The Morgan fingerprint density at radius 1 is 0.933 bits per heavy atom. The summed E-state index contributed by atoms with van der Waals surface area (Å²) in [4.78, 5) is 41.7. The molecule has 8 nitrogen and oxygen atoms in total. The number of nitrogens with zero attached hydrogens (tertiary/aromatic N) is 3. The monoisotopic (exact) mass is 645 g/mol. The standard InChI is InChI=1S/C35H33Cl2N3O5/c1-44-25-13-9-21(10-14-25)17-23-5-3-7-28-34(23)38-40(35(28)22-11-15-26(45-2)16-12-22)32(43)20-39-30(41)18-24(19-31(39)42)27-6-4-8-29(36)33(27)37/h4,6,8-17,24,28,35H,3,5,7,18-20H2,1-2H3/b23-17-. The normalized spacial score (nSPS) is 21.2. The third-order valence-corrected chi connectivity index (χ3v) is 9.66. The second-order valence-corrected chi connectivity index (χ2v) is 12.3. The largest absolute Gasteiger partial charge is 0.497 e. The number of likely N-dealkylation sites (tertiary alicyclic amines) is 1. The van der Waals surface area contributed by atoms with Crippen molar-refractivity contribution >= 4 is 52.7 Å². The average molecular weight is 647 g/mol. The molecule has 0 radical (unpaired) electrons. The van der Waals surface area contributed by atoms with Crippen molar-refractivity contribution in [3.63, 3.8) is 0 Å². The number of amides is 3. The van der Waals surface area contributed by atoms with Gasteiger partial charge in [0.25, 0.3) is 5.91 Å². The molecule has 1 aliphatic carbocycles. The van der Waals surface area contributed by atoms with Crippen LogP contribution in [0, 0.1) is 5.92 Å². The lowest BCUT2D eigenvalue weighted by Crippen LogP contribution is -2.48. The molecule has 3 amide bonds. The molecule has 0 spiro atoms. The van der Waals surface area contributed by atoms with E-state index in [9.17, 15) is 14.4 Å². The number of methoxy groups -OCH3 is 2. The SMILES string of the molecule is COc1ccc(/C=C2/CCCC3C2=NN(C(=O)CN2C(=O)CC(c4cccc(Cl)c4Cl)CC2=O)C3c2ccc(OC)cc2)cc1. The van der Waals surface area contributed by atoms with Crippen LogP contribution in [0.5, 0.6) is 11.5 Å². The third kappa shape index (κ3) is 6.22. The molecule has 232 valence electrons. The minimum absolute atomic E-state index is 0.0392. The van der Waals surface area contributed by atoms with Crippen LogP contribution in [0.2, 0.25) is 10.0 Å². The molecule has 0 bridgehead atoms. The lowest BCUT2D eigenvalue weighted by molar-refractivity contribution is -0.154. The van der Waals surface area contributed by atoms with E-state index in [0.717, 1.165) is 52.3 Å². The molecule has 45 heavy (non-hydrogen) atoms. The molecule has 1 saturated heterocycles. The summed E-state index contributed by atoms with van der Waals surface area (Å²) in [6.07, 6.45) is 4.83. The number of allylic oxidation sites excluding steroid dienone is 1. The second kappa shape index (κ2) is 13.1. The molecule has 0 N–H and O–H groups in total. The number of hydrogen-bond acceptors (Lipinski definition) is 6. The van der Waals surface area contributed by atoms with E-state index in [1.54, 1.807) is 32.4 Å². The van der Waals surface area contributed by atoms with E-state index in [1.807, 2.05) is 48.5 Å². The van der Waals surface area contributed by atoms with Gasteiger partial charge in [0.15, 0.2) is 0 Å². The first kappa shape index (κ1) is 30.9. The highest BCUT2D eigenvalue weighted by Crippen LogP contribution is 2.45. The topological polar surface area (TPSA) is 88.5 Å². The van der Waals surface area contributed by atoms with E-state index in [2.05, 4.69) is 6.08 Å². The van der Waals surface area contributed by atoms with Crippen LogP contribution in [-0.4, -0.2) is 54.1 Å². The summed E-state index contributed by atoms with van der Waals surface area (Å²) in [5, 5.41) is 7.10. The summed E-state index contributed by atoms with van der Waals surface area (Å²) in [6.45, 7) is -0.388. The van der Waals surface area contributed by atoms with Crippen molar-refractivity contribution in [2.24, 2.45) is 11.0 Å². The van der Waals surface area contributed by atoms with Gasteiger partial charge in [-0.25, -0.2) is 5.01 Å². The van der Waals surface area contributed by atoms with Crippen LogP contribution in [0.4, 0.5) is 0 Å². The highest BCUT2D eigenvalue weighted by atomic mass is 35.5. The van der Waals surface area contributed by atoms with E-state index in [0.29, 0.717) is 21.4 Å². The van der Waals surface area contributed by atoms with Gasteiger partial charge in [0, 0.05) is 24.7 Å². The molecular formula is C35H33Cl2N3O5. The van der Waals surface area contributed by atoms with E-state index >= 15 is 0 Å². The number of hydrogen-bond donors (Lipinski definition) is 0. The summed E-state index contributed by atoms with van der Waals surface area (Å²) in [5.41, 5.74) is 4.50. The fourth-order valence-corrected chi connectivity index (χ4v) is 7.00.